The number of fused-ring (bicyclic) bond motifs is 1. The van der Waals surface area contributed by atoms with Gasteiger partial charge in [0.1, 0.15) is 5.82 Å². The molecule has 5 nitrogen and oxygen atoms in total. The van der Waals surface area contributed by atoms with Crippen molar-refractivity contribution < 1.29 is 4.79 Å². The van der Waals surface area contributed by atoms with Gasteiger partial charge in [-0.15, -0.1) is 0 Å². The molecule has 1 amide bonds. The maximum Gasteiger partial charge on any atom is 0.220 e. The van der Waals surface area contributed by atoms with E-state index in [-0.39, 0.29) is 11.9 Å². The van der Waals surface area contributed by atoms with Gasteiger partial charge in [-0.05, 0) is 30.9 Å². The fourth-order valence-electron chi connectivity index (χ4n) is 3.16. The molecule has 1 aromatic heterocycles. The minimum absolute atomic E-state index is 0.0735. The molecule has 1 aliphatic rings. The van der Waals surface area contributed by atoms with E-state index in [2.05, 4.69) is 10.3 Å². The second-order valence-corrected chi connectivity index (χ2v) is 5.91. The summed E-state index contributed by atoms with van der Waals surface area (Å²) in [5.41, 5.74) is 8.06. The summed E-state index contributed by atoms with van der Waals surface area (Å²) in [6.07, 6.45) is 3.79. The molecule has 0 spiro atoms. The molecule has 2 atom stereocenters. The van der Waals surface area contributed by atoms with Crippen LogP contribution in [0.15, 0.2) is 24.3 Å². The number of hydrogen-bond donors (Lipinski definition) is 2. The highest BCUT2D eigenvalue weighted by molar-refractivity contribution is 5.77. The van der Waals surface area contributed by atoms with Crippen molar-refractivity contribution in [2.24, 2.45) is 18.7 Å². The van der Waals surface area contributed by atoms with Crippen LogP contribution >= 0.6 is 0 Å². The molecule has 1 heterocycles. The molecule has 1 saturated carbocycles. The third-order valence-electron chi connectivity index (χ3n) is 4.49. The summed E-state index contributed by atoms with van der Waals surface area (Å²) in [7, 11) is 1.98. The van der Waals surface area contributed by atoms with Crippen molar-refractivity contribution in [2.45, 2.75) is 38.3 Å². The summed E-state index contributed by atoms with van der Waals surface area (Å²) in [5, 5.41) is 2.97. The highest BCUT2D eigenvalue weighted by Gasteiger charge is 2.26. The first-order valence-corrected chi connectivity index (χ1v) is 7.58. The van der Waals surface area contributed by atoms with Gasteiger partial charge in [0.25, 0.3) is 0 Å². The predicted octanol–water partition coefficient (Wildman–Crippen LogP) is 1.71. The number of hydrogen-bond acceptors (Lipinski definition) is 3. The van der Waals surface area contributed by atoms with Crippen molar-refractivity contribution in [3.8, 4) is 0 Å². The quantitative estimate of drug-likeness (QED) is 0.898. The normalized spacial score (nSPS) is 21.8. The van der Waals surface area contributed by atoms with Crippen LogP contribution in [0.25, 0.3) is 11.0 Å². The van der Waals surface area contributed by atoms with Gasteiger partial charge < -0.3 is 15.6 Å². The van der Waals surface area contributed by atoms with Crippen molar-refractivity contribution in [3.63, 3.8) is 0 Å². The zero-order chi connectivity index (χ0) is 14.8. The van der Waals surface area contributed by atoms with Crippen molar-refractivity contribution in [1.82, 2.24) is 14.9 Å². The number of amides is 1. The molecule has 21 heavy (non-hydrogen) atoms. The minimum atomic E-state index is 0.0735. The first-order chi connectivity index (χ1) is 10.1. The number of imidazole rings is 1. The molecule has 3 rings (SSSR count). The maximum atomic E-state index is 12.0. The van der Waals surface area contributed by atoms with Crippen LogP contribution in [0.1, 0.15) is 31.5 Å². The Labute approximate surface area is 124 Å². The van der Waals surface area contributed by atoms with Gasteiger partial charge in [0, 0.05) is 19.5 Å². The summed E-state index contributed by atoms with van der Waals surface area (Å²) in [5.74, 6) is 1.29. The lowest BCUT2D eigenvalue weighted by atomic mass is 10.00. The van der Waals surface area contributed by atoms with Crippen LogP contribution in [0.5, 0.6) is 0 Å². The first kappa shape index (κ1) is 14.1. The highest BCUT2D eigenvalue weighted by atomic mass is 16.1. The third-order valence-corrected chi connectivity index (χ3v) is 4.49. The molecule has 0 unspecified atom stereocenters. The molecule has 0 radical (unpaired) electrons. The molecule has 112 valence electrons. The fourth-order valence-corrected chi connectivity index (χ4v) is 3.16. The van der Waals surface area contributed by atoms with Gasteiger partial charge >= 0.3 is 0 Å². The van der Waals surface area contributed by atoms with Gasteiger partial charge in [-0.1, -0.05) is 18.6 Å². The average molecular weight is 286 g/mol. The van der Waals surface area contributed by atoms with Crippen molar-refractivity contribution in [3.05, 3.63) is 30.1 Å². The van der Waals surface area contributed by atoms with Crippen LogP contribution in [-0.4, -0.2) is 21.5 Å². The van der Waals surface area contributed by atoms with Gasteiger partial charge in [-0.2, -0.15) is 0 Å². The fraction of sp³-hybridized carbons (Fsp3) is 0.500. The molecule has 0 aliphatic heterocycles. The molecule has 2 aromatic rings. The lowest BCUT2D eigenvalue weighted by Crippen LogP contribution is -2.31. The molecular weight excluding hydrogens is 264 g/mol. The van der Waals surface area contributed by atoms with Crippen LogP contribution in [0, 0.1) is 5.92 Å². The Kier molecular flexibility index (Phi) is 3.92. The monoisotopic (exact) mass is 286 g/mol. The topological polar surface area (TPSA) is 72.9 Å². The van der Waals surface area contributed by atoms with Crippen LogP contribution in [0.4, 0.5) is 0 Å². The second-order valence-electron chi connectivity index (χ2n) is 5.91. The van der Waals surface area contributed by atoms with E-state index in [0.717, 1.165) is 36.1 Å². The largest absolute Gasteiger partial charge is 0.349 e. The lowest BCUT2D eigenvalue weighted by molar-refractivity contribution is -0.122. The molecule has 1 aromatic carbocycles. The van der Waals surface area contributed by atoms with Gasteiger partial charge in [-0.25, -0.2) is 4.98 Å². The molecule has 3 N–H and O–H groups in total. The number of aryl methyl sites for hydroxylation is 1. The van der Waals surface area contributed by atoms with E-state index < -0.39 is 0 Å². The van der Waals surface area contributed by atoms with E-state index in [0.29, 0.717) is 18.9 Å². The van der Waals surface area contributed by atoms with E-state index in [1.807, 2.05) is 35.9 Å². The zero-order valence-electron chi connectivity index (χ0n) is 12.4. The smallest absolute Gasteiger partial charge is 0.220 e. The number of rotatable bonds is 4. The number of nitrogens with two attached hydrogens (primary N) is 1. The van der Waals surface area contributed by atoms with Crippen molar-refractivity contribution in [2.75, 3.05) is 0 Å². The Hall–Kier alpha value is -1.88. The summed E-state index contributed by atoms with van der Waals surface area (Å²) in [4.78, 5) is 16.6. The Morgan fingerprint density at radius 2 is 2.24 bits per heavy atom. The third kappa shape index (κ3) is 2.93. The van der Waals surface area contributed by atoms with Crippen molar-refractivity contribution in [1.29, 1.82) is 0 Å². The van der Waals surface area contributed by atoms with Gasteiger partial charge in [0.2, 0.25) is 5.91 Å². The molecule has 1 fully saturated rings. The molecular formula is C16H22N4O. The van der Waals surface area contributed by atoms with Crippen LogP contribution in [0.2, 0.25) is 0 Å². The Morgan fingerprint density at radius 3 is 2.95 bits per heavy atom. The van der Waals surface area contributed by atoms with Crippen molar-refractivity contribution >= 4 is 16.9 Å². The van der Waals surface area contributed by atoms with E-state index in [1.165, 1.54) is 0 Å². The van der Waals surface area contributed by atoms with Crippen LogP contribution < -0.4 is 11.1 Å². The highest BCUT2D eigenvalue weighted by Crippen LogP contribution is 2.26. The maximum absolute atomic E-state index is 12.0. The van der Waals surface area contributed by atoms with E-state index in [1.54, 1.807) is 0 Å². The number of benzene rings is 1. The number of aromatic nitrogens is 2. The van der Waals surface area contributed by atoms with E-state index in [4.69, 9.17) is 5.73 Å². The van der Waals surface area contributed by atoms with E-state index >= 15 is 0 Å². The van der Waals surface area contributed by atoms with Crippen LogP contribution in [-0.2, 0) is 18.4 Å². The minimum Gasteiger partial charge on any atom is -0.349 e. The molecule has 5 heteroatoms. The average Bonchev–Trinajstić information content (AvgIpc) is 3.02. The number of nitrogens with one attached hydrogen (secondary N) is 1. The number of carbonyl (C=O) groups excluding carboxylic acids is 1. The summed E-state index contributed by atoms with van der Waals surface area (Å²) in [6.45, 7) is 0.464. The Morgan fingerprint density at radius 1 is 1.43 bits per heavy atom. The Balaban J connectivity index is 1.61. The van der Waals surface area contributed by atoms with Crippen LogP contribution in [0.3, 0.4) is 0 Å². The molecule has 0 bridgehead atoms. The summed E-state index contributed by atoms with van der Waals surface area (Å²) < 4.78 is 2.02. The number of nitrogens with zero attached hydrogens (tertiary/aromatic N) is 2. The standard InChI is InChI=1S/C16H22N4O/c1-20-14-8-3-2-7-13(14)19-15(20)10-18-16(21)9-11-5-4-6-12(11)17/h2-3,7-8,11-12H,4-6,9-10,17H2,1H3,(H,18,21)/t11-,12+/m0/s1. The lowest BCUT2D eigenvalue weighted by Gasteiger charge is -2.14. The number of para-hydroxylation sites is 2. The van der Waals surface area contributed by atoms with E-state index in [9.17, 15) is 4.79 Å². The molecule has 0 saturated heterocycles. The van der Waals surface area contributed by atoms with Gasteiger partial charge in [0.15, 0.2) is 0 Å². The zero-order valence-corrected chi connectivity index (χ0v) is 12.4. The SMILES string of the molecule is Cn1c(CNC(=O)C[C@@H]2CCC[C@H]2N)nc2ccccc21. The second kappa shape index (κ2) is 5.85. The predicted molar refractivity (Wildman–Crippen MR) is 82.5 cm³/mol. The number of carbonyl (C=O) groups is 1. The Bertz CT molecular complexity index is 649. The summed E-state index contributed by atoms with van der Waals surface area (Å²) >= 11 is 0. The summed E-state index contributed by atoms with van der Waals surface area (Å²) in [6, 6.07) is 8.17. The van der Waals surface area contributed by atoms with Gasteiger partial charge in [0.05, 0.1) is 17.6 Å². The van der Waals surface area contributed by atoms with Gasteiger partial charge in [-0.3, -0.25) is 4.79 Å². The molecule has 1 aliphatic carbocycles. The first-order valence-electron chi connectivity index (χ1n) is 7.58.